The van der Waals surface area contributed by atoms with Crippen LogP contribution in [-0.4, -0.2) is 49.1 Å². The maximum absolute atomic E-state index is 3.78. The second kappa shape index (κ2) is 9.25. The van der Waals surface area contributed by atoms with Crippen LogP contribution < -0.4 is 5.32 Å². The lowest BCUT2D eigenvalue weighted by atomic mass is 9.79. The van der Waals surface area contributed by atoms with E-state index in [1.165, 1.54) is 44.5 Å². The Morgan fingerprint density at radius 1 is 1.26 bits per heavy atom. The summed E-state index contributed by atoms with van der Waals surface area (Å²) in [5, 5.41) is 4.61. The Labute approximate surface area is 125 Å². The highest BCUT2D eigenvalue weighted by atomic mass is 32.2. The van der Waals surface area contributed by atoms with E-state index in [2.05, 4.69) is 56.8 Å². The van der Waals surface area contributed by atoms with Crippen LogP contribution >= 0.6 is 11.8 Å². The zero-order valence-corrected chi connectivity index (χ0v) is 14.4. The lowest BCUT2D eigenvalue weighted by Crippen LogP contribution is -2.44. The van der Waals surface area contributed by atoms with Crippen LogP contribution in [0.25, 0.3) is 0 Å². The van der Waals surface area contributed by atoms with Crippen LogP contribution in [0, 0.1) is 11.8 Å². The zero-order valence-electron chi connectivity index (χ0n) is 13.6. The average Bonchev–Trinajstić information content (AvgIpc) is 2.36. The Balaban J connectivity index is 2.45. The Bertz CT molecular complexity index is 231. The topological polar surface area (TPSA) is 15.3 Å². The van der Waals surface area contributed by atoms with E-state index in [4.69, 9.17) is 0 Å². The molecule has 3 atom stereocenters. The van der Waals surface area contributed by atoms with E-state index in [-0.39, 0.29) is 0 Å². The molecule has 19 heavy (non-hydrogen) atoms. The summed E-state index contributed by atoms with van der Waals surface area (Å²) in [6.07, 6.45) is 5.46. The van der Waals surface area contributed by atoms with Gasteiger partial charge in [0.25, 0.3) is 0 Å². The number of hydrogen-bond donors (Lipinski definition) is 1. The summed E-state index contributed by atoms with van der Waals surface area (Å²) in [6, 6.07) is 0.752. The van der Waals surface area contributed by atoms with Gasteiger partial charge >= 0.3 is 0 Å². The molecule has 1 saturated carbocycles. The van der Waals surface area contributed by atoms with Crippen molar-refractivity contribution in [3.8, 4) is 0 Å². The Morgan fingerprint density at radius 3 is 2.58 bits per heavy atom. The molecule has 2 nitrogen and oxygen atoms in total. The number of rotatable bonds is 8. The minimum atomic E-state index is 0.752. The number of hydrogen-bond acceptors (Lipinski definition) is 3. The molecule has 3 heteroatoms. The van der Waals surface area contributed by atoms with Gasteiger partial charge in [0.05, 0.1) is 0 Å². The largest absolute Gasteiger partial charge is 0.313 e. The van der Waals surface area contributed by atoms with Gasteiger partial charge in [0.2, 0.25) is 0 Å². The van der Waals surface area contributed by atoms with Crippen LogP contribution in [0.4, 0.5) is 0 Å². The van der Waals surface area contributed by atoms with E-state index in [0.29, 0.717) is 0 Å². The van der Waals surface area contributed by atoms with Crippen molar-refractivity contribution in [2.45, 2.75) is 57.7 Å². The quantitative estimate of drug-likeness (QED) is 0.735. The summed E-state index contributed by atoms with van der Waals surface area (Å²) in [5.74, 6) is 3.06. The first-order valence-electron chi connectivity index (χ1n) is 8.04. The first-order valence-corrected chi connectivity index (χ1v) is 9.09. The van der Waals surface area contributed by atoms with Crippen LogP contribution in [0.5, 0.6) is 0 Å². The molecule has 0 radical (unpaired) electrons. The van der Waals surface area contributed by atoms with Crippen molar-refractivity contribution in [1.82, 2.24) is 10.2 Å². The molecule has 0 spiro atoms. The van der Waals surface area contributed by atoms with Crippen LogP contribution in [0.3, 0.4) is 0 Å². The molecular formula is C16H34N2S. The summed E-state index contributed by atoms with van der Waals surface area (Å²) in [5.41, 5.74) is 0. The number of nitrogens with one attached hydrogen (secondary N) is 1. The smallest absolute Gasteiger partial charge is 0.0204 e. The van der Waals surface area contributed by atoms with Gasteiger partial charge in [0.1, 0.15) is 0 Å². The lowest BCUT2D eigenvalue weighted by Gasteiger charge is -2.38. The monoisotopic (exact) mass is 286 g/mol. The van der Waals surface area contributed by atoms with Crippen molar-refractivity contribution >= 4 is 11.8 Å². The minimum Gasteiger partial charge on any atom is -0.313 e. The van der Waals surface area contributed by atoms with E-state index in [0.717, 1.165) is 23.1 Å². The van der Waals surface area contributed by atoms with Crippen molar-refractivity contribution in [3.05, 3.63) is 0 Å². The lowest BCUT2D eigenvalue weighted by molar-refractivity contribution is 0.246. The summed E-state index contributed by atoms with van der Waals surface area (Å²) >= 11 is 2.20. The molecule has 1 fully saturated rings. The Kier molecular flexibility index (Phi) is 8.43. The highest BCUT2D eigenvalue weighted by Crippen LogP contribution is 2.36. The third kappa shape index (κ3) is 6.50. The molecule has 0 aromatic heterocycles. The van der Waals surface area contributed by atoms with Crippen molar-refractivity contribution in [3.63, 3.8) is 0 Å². The van der Waals surface area contributed by atoms with Crippen molar-refractivity contribution in [1.29, 1.82) is 0 Å². The molecule has 0 aromatic carbocycles. The van der Waals surface area contributed by atoms with Gasteiger partial charge in [-0.3, -0.25) is 0 Å². The normalized spacial score (nSPS) is 28.3. The van der Waals surface area contributed by atoms with E-state index in [1.54, 1.807) is 0 Å². The minimum absolute atomic E-state index is 0.752. The molecule has 114 valence electrons. The first kappa shape index (κ1) is 17.3. The summed E-state index contributed by atoms with van der Waals surface area (Å²) < 4.78 is 0. The molecule has 1 N–H and O–H groups in total. The van der Waals surface area contributed by atoms with Crippen LogP contribution in [0.15, 0.2) is 0 Å². The van der Waals surface area contributed by atoms with Crippen molar-refractivity contribution < 1.29 is 0 Å². The van der Waals surface area contributed by atoms with Crippen molar-refractivity contribution in [2.75, 3.05) is 32.9 Å². The van der Waals surface area contributed by atoms with E-state index in [9.17, 15) is 0 Å². The molecule has 0 amide bonds. The van der Waals surface area contributed by atoms with Gasteiger partial charge in [0, 0.05) is 23.6 Å². The van der Waals surface area contributed by atoms with E-state index < -0.39 is 0 Å². The third-order valence-corrected chi connectivity index (χ3v) is 5.67. The fourth-order valence-electron chi connectivity index (χ4n) is 2.90. The molecule has 0 heterocycles. The third-order valence-electron chi connectivity index (χ3n) is 4.30. The zero-order chi connectivity index (χ0) is 14.3. The molecule has 0 aromatic rings. The van der Waals surface area contributed by atoms with Gasteiger partial charge in [0.15, 0.2) is 0 Å². The van der Waals surface area contributed by atoms with Crippen LogP contribution in [-0.2, 0) is 0 Å². The number of thioether (sulfide) groups is 1. The van der Waals surface area contributed by atoms with Gasteiger partial charge in [-0.25, -0.2) is 0 Å². The van der Waals surface area contributed by atoms with Crippen LogP contribution in [0.1, 0.15) is 46.5 Å². The first-order chi connectivity index (χ1) is 9.04. The predicted molar refractivity (Wildman–Crippen MR) is 89.1 cm³/mol. The summed E-state index contributed by atoms with van der Waals surface area (Å²) in [6.45, 7) is 9.44. The standard InChI is InChI=1S/C16H34N2S/c1-6-9-17-15-8-7-14(13(2)3)12-16(15)19-11-10-18(4)5/h13-17H,6-12H2,1-5H3. The highest BCUT2D eigenvalue weighted by Gasteiger charge is 2.31. The Hall–Kier alpha value is 0.270. The molecular weight excluding hydrogens is 252 g/mol. The summed E-state index contributed by atoms with van der Waals surface area (Å²) in [7, 11) is 4.34. The second-order valence-electron chi connectivity index (χ2n) is 6.59. The van der Waals surface area contributed by atoms with Gasteiger partial charge in [-0.1, -0.05) is 20.8 Å². The summed E-state index contributed by atoms with van der Waals surface area (Å²) in [4.78, 5) is 2.30. The van der Waals surface area contributed by atoms with Gasteiger partial charge in [-0.2, -0.15) is 11.8 Å². The fraction of sp³-hybridized carbons (Fsp3) is 1.00. The molecule has 1 aliphatic carbocycles. The van der Waals surface area contributed by atoms with Gasteiger partial charge in [-0.15, -0.1) is 0 Å². The fourth-order valence-corrected chi connectivity index (χ4v) is 4.52. The van der Waals surface area contributed by atoms with E-state index in [1.807, 2.05) is 0 Å². The van der Waals surface area contributed by atoms with Crippen molar-refractivity contribution in [2.24, 2.45) is 11.8 Å². The Morgan fingerprint density at radius 2 is 2.00 bits per heavy atom. The molecule has 0 aliphatic heterocycles. The molecule has 1 aliphatic rings. The van der Waals surface area contributed by atoms with Gasteiger partial charge < -0.3 is 10.2 Å². The van der Waals surface area contributed by atoms with Crippen LogP contribution in [0.2, 0.25) is 0 Å². The second-order valence-corrected chi connectivity index (χ2v) is 7.94. The molecule has 3 unspecified atom stereocenters. The maximum Gasteiger partial charge on any atom is 0.0204 e. The molecule has 0 bridgehead atoms. The maximum atomic E-state index is 3.78. The van der Waals surface area contributed by atoms with E-state index >= 15 is 0 Å². The SMILES string of the molecule is CCCNC1CCC(C(C)C)CC1SCCN(C)C. The average molecular weight is 287 g/mol. The number of nitrogens with zero attached hydrogens (tertiary/aromatic N) is 1. The molecule has 1 rings (SSSR count). The molecule has 0 saturated heterocycles. The predicted octanol–water partition coefficient (Wildman–Crippen LogP) is 3.47. The van der Waals surface area contributed by atoms with Gasteiger partial charge in [-0.05, 0) is 58.2 Å². The highest BCUT2D eigenvalue weighted by molar-refractivity contribution is 8.00.